The molecule has 0 bridgehead atoms. The van der Waals surface area contributed by atoms with Crippen LogP contribution >= 0.6 is 0 Å². The van der Waals surface area contributed by atoms with E-state index < -0.39 is 0 Å². The van der Waals surface area contributed by atoms with Crippen LogP contribution in [-0.2, 0) is 18.6 Å². The molecule has 1 radical (unpaired) electrons. The monoisotopic (exact) mass is 262 g/mol. The topological polar surface area (TPSA) is 0 Å². The maximum atomic E-state index is 2.12. The molecule has 0 nitrogen and oxygen atoms in total. The third kappa shape index (κ3) is 8.12. The summed E-state index contributed by atoms with van der Waals surface area (Å²) in [5.41, 5.74) is 0. The summed E-state index contributed by atoms with van der Waals surface area (Å²) in [7, 11) is 0. The zero-order chi connectivity index (χ0) is 7.07. The molecular formula is C10H12BrV-. The smallest absolute Gasteiger partial charge is 0 e. The van der Waals surface area contributed by atoms with Crippen molar-refractivity contribution in [3.63, 3.8) is 0 Å². The van der Waals surface area contributed by atoms with Gasteiger partial charge in [0.05, 0.1) is 0 Å². The van der Waals surface area contributed by atoms with Crippen molar-refractivity contribution in [1.82, 2.24) is 0 Å². The van der Waals surface area contributed by atoms with E-state index in [9.17, 15) is 0 Å². The molecule has 0 aromatic rings. The third-order valence-corrected chi connectivity index (χ3v) is 1.31. The molecule has 0 fully saturated rings. The van der Waals surface area contributed by atoms with Gasteiger partial charge in [0.1, 0.15) is 0 Å². The number of hydrogen-bond donors (Lipinski definition) is 0. The Balaban J connectivity index is 0. The van der Waals surface area contributed by atoms with Crippen LogP contribution in [-0.4, -0.2) is 0 Å². The first-order chi connectivity index (χ1) is 5.00. The summed E-state index contributed by atoms with van der Waals surface area (Å²) in [6.07, 6.45) is 19.0. The van der Waals surface area contributed by atoms with Crippen LogP contribution in [0, 0.1) is 0 Å². The average molecular weight is 263 g/mol. The Bertz CT molecular complexity index is 148. The van der Waals surface area contributed by atoms with E-state index in [1.807, 2.05) is 0 Å². The fourth-order valence-corrected chi connectivity index (χ4v) is 0.786. The number of halogens is 1. The molecule has 0 amide bonds. The van der Waals surface area contributed by atoms with E-state index in [0.29, 0.717) is 0 Å². The molecule has 0 aliphatic heterocycles. The fourth-order valence-electron chi connectivity index (χ4n) is 0.786. The quantitative estimate of drug-likeness (QED) is 0.577. The number of allylic oxidation sites excluding steroid dienone is 8. The van der Waals surface area contributed by atoms with E-state index in [1.54, 1.807) is 0 Å². The number of rotatable bonds is 0. The molecule has 2 rings (SSSR count). The normalized spacial score (nSPS) is 14.7. The maximum absolute atomic E-state index is 2.12. The molecule has 2 aliphatic carbocycles. The molecule has 65 valence electrons. The maximum Gasteiger partial charge on any atom is 0 e. The minimum absolute atomic E-state index is 0. The molecule has 2 heteroatoms. The van der Waals surface area contributed by atoms with Gasteiger partial charge in [0.15, 0.2) is 0 Å². The Labute approximate surface area is 96.8 Å². The van der Waals surface area contributed by atoms with Gasteiger partial charge in [0.2, 0.25) is 0 Å². The summed E-state index contributed by atoms with van der Waals surface area (Å²) < 4.78 is 0. The van der Waals surface area contributed by atoms with Gasteiger partial charge in [-0.25, -0.2) is 0 Å². The number of hydrogen-bond acceptors (Lipinski definition) is 0. The summed E-state index contributed by atoms with van der Waals surface area (Å²) in [4.78, 5) is 0. The van der Waals surface area contributed by atoms with Crippen LogP contribution < -0.4 is 17.0 Å². The molecule has 0 aromatic carbocycles. The van der Waals surface area contributed by atoms with Crippen LogP contribution in [0.2, 0.25) is 0 Å². The molecule has 0 unspecified atom stereocenters. The first-order valence-corrected chi connectivity index (χ1v) is 3.63. The Morgan fingerprint density at radius 3 is 0.917 bits per heavy atom. The predicted molar refractivity (Wildman–Crippen MR) is 45.8 cm³/mol. The van der Waals surface area contributed by atoms with Crippen LogP contribution in [0.3, 0.4) is 0 Å². The largest absolute Gasteiger partial charge is 1.00 e. The summed E-state index contributed by atoms with van der Waals surface area (Å²) in [6, 6.07) is 0. The van der Waals surface area contributed by atoms with Crippen LogP contribution in [0.15, 0.2) is 48.6 Å². The van der Waals surface area contributed by atoms with Crippen molar-refractivity contribution >= 4 is 0 Å². The van der Waals surface area contributed by atoms with Crippen molar-refractivity contribution in [2.75, 3.05) is 0 Å². The Morgan fingerprint density at radius 1 is 0.583 bits per heavy atom. The zero-order valence-corrected chi connectivity index (χ0v) is 9.84. The molecule has 12 heavy (non-hydrogen) atoms. The van der Waals surface area contributed by atoms with Gasteiger partial charge in [-0.05, 0) is 12.8 Å². The molecule has 0 aromatic heterocycles. The predicted octanol–water partition coefficient (Wildman–Crippen LogP) is 0.00650. The third-order valence-electron chi connectivity index (χ3n) is 1.31. The minimum atomic E-state index is 0. The van der Waals surface area contributed by atoms with Crippen molar-refractivity contribution in [1.29, 1.82) is 0 Å². The average Bonchev–Trinajstić information content (AvgIpc) is 2.67. The van der Waals surface area contributed by atoms with Gasteiger partial charge in [-0.1, -0.05) is 48.6 Å². The van der Waals surface area contributed by atoms with E-state index in [0.717, 1.165) is 12.8 Å². The van der Waals surface area contributed by atoms with Gasteiger partial charge >= 0.3 is 0 Å². The molecule has 0 saturated heterocycles. The standard InChI is InChI=1S/2C5H6.BrH.V/c2*1-2-4-5-3-1;;/h2*1-4H,5H2;1H;/p-1. The fraction of sp³-hybridized carbons (Fsp3) is 0.200. The Kier molecular flexibility index (Phi) is 13.4. The molecule has 0 heterocycles. The van der Waals surface area contributed by atoms with Gasteiger partial charge in [-0.3, -0.25) is 0 Å². The van der Waals surface area contributed by atoms with E-state index in [1.165, 1.54) is 0 Å². The van der Waals surface area contributed by atoms with Crippen LogP contribution in [0.1, 0.15) is 12.8 Å². The minimum Gasteiger partial charge on any atom is -1.00 e. The first-order valence-electron chi connectivity index (χ1n) is 3.63. The van der Waals surface area contributed by atoms with Crippen molar-refractivity contribution in [2.45, 2.75) is 12.8 Å². The van der Waals surface area contributed by atoms with Crippen LogP contribution in [0.4, 0.5) is 0 Å². The van der Waals surface area contributed by atoms with Crippen molar-refractivity contribution < 1.29 is 35.5 Å². The summed E-state index contributed by atoms with van der Waals surface area (Å²) in [5.74, 6) is 0. The molecule has 0 N–H and O–H groups in total. The zero-order valence-electron chi connectivity index (χ0n) is 6.86. The van der Waals surface area contributed by atoms with Gasteiger partial charge < -0.3 is 17.0 Å². The van der Waals surface area contributed by atoms with Crippen molar-refractivity contribution in [2.24, 2.45) is 0 Å². The molecular weight excluding hydrogens is 251 g/mol. The second kappa shape index (κ2) is 11.0. The Hall–Kier alpha value is 0.0244. The Morgan fingerprint density at radius 2 is 0.833 bits per heavy atom. The van der Waals surface area contributed by atoms with Gasteiger partial charge in [-0.2, -0.15) is 0 Å². The van der Waals surface area contributed by atoms with Crippen molar-refractivity contribution in [3.05, 3.63) is 48.6 Å². The molecule has 0 saturated carbocycles. The second-order valence-corrected chi connectivity index (χ2v) is 2.18. The van der Waals surface area contributed by atoms with E-state index >= 15 is 0 Å². The molecule has 2 aliphatic rings. The first kappa shape index (κ1) is 14.5. The van der Waals surface area contributed by atoms with Gasteiger partial charge in [-0.15, -0.1) is 0 Å². The summed E-state index contributed by atoms with van der Waals surface area (Å²) >= 11 is 0. The molecule has 0 spiro atoms. The second-order valence-electron chi connectivity index (χ2n) is 2.18. The summed E-state index contributed by atoms with van der Waals surface area (Å²) in [5, 5.41) is 0. The molecule has 0 atom stereocenters. The van der Waals surface area contributed by atoms with Crippen molar-refractivity contribution in [3.8, 4) is 0 Å². The van der Waals surface area contributed by atoms with Crippen LogP contribution in [0.5, 0.6) is 0 Å². The van der Waals surface area contributed by atoms with E-state index in [4.69, 9.17) is 0 Å². The van der Waals surface area contributed by atoms with E-state index in [-0.39, 0.29) is 35.5 Å². The summed E-state index contributed by atoms with van der Waals surface area (Å²) in [6.45, 7) is 0. The van der Waals surface area contributed by atoms with Gasteiger partial charge in [0.25, 0.3) is 0 Å². The van der Waals surface area contributed by atoms with E-state index in [2.05, 4.69) is 48.6 Å². The van der Waals surface area contributed by atoms with Gasteiger partial charge in [0, 0.05) is 18.6 Å². The SMILES string of the molecule is C1=CCC=C1.C1=CCC=C1.[Br-].[V]. The van der Waals surface area contributed by atoms with Crippen LogP contribution in [0.25, 0.3) is 0 Å².